The minimum atomic E-state index is -1.39. The number of allylic oxidation sites excluding steroid dienone is 1. The summed E-state index contributed by atoms with van der Waals surface area (Å²) in [6.45, 7) is 7.73. The highest BCUT2D eigenvalue weighted by Gasteiger charge is 2.74. The number of rotatable bonds is 8. The summed E-state index contributed by atoms with van der Waals surface area (Å²) in [7, 11) is 0. The van der Waals surface area contributed by atoms with Crippen molar-refractivity contribution in [2.24, 2.45) is 17.8 Å². The molecule has 6 rings (SSSR count). The topological polar surface area (TPSA) is 138 Å². The van der Waals surface area contributed by atoms with Crippen LogP contribution in [0.25, 0.3) is 0 Å². The number of likely N-dealkylation sites (tertiary alicyclic amines) is 1. The quantitative estimate of drug-likeness (QED) is 0.313. The molecule has 8 atom stereocenters. The number of aliphatic hydroxyl groups is 1. The number of fused-ring (bicyclic) bond motifs is 2. The fraction of sp³-hybridized carbons (Fsp3) is 0.611. The molecule has 0 radical (unpaired) electrons. The lowest BCUT2D eigenvalue weighted by molar-refractivity contribution is -0.161. The standard InChI is InChI=1S/C36H48N4O8/c1-3-24(2)26(23-41)40-32-34(44)39(17-16-38-18-20-46-21-19-38)15-9-5-8-12-29(42)37-22-28(25-10-6-4-7-11-25)47-35(45)30-27-13-14-36(32,48-27)31(30)33(40)43/h4-7,9-11,13-14,24,26-28,30-32,41H,3,8,12,15-23H2,1-2H3,(H,37,42)/b9-5-/t24-,26-,27+,28+,30-,31-,32+,36-/m0/s1. The van der Waals surface area contributed by atoms with Gasteiger partial charge in [-0.05, 0) is 17.9 Å². The lowest BCUT2D eigenvalue weighted by Gasteiger charge is -2.41. The molecule has 3 amide bonds. The molecule has 48 heavy (non-hydrogen) atoms. The van der Waals surface area contributed by atoms with Crippen LogP contribution in [0.1, 0.15) is 44.8 Å². The number of aliphatic hydroxyl groups excluding tert-OH is 1. The molecule has 1 aromatic rings. The van der Waals surface area contributed by atoms with Gasteiger partial charge in [0, 0.05) is 39.1 Å². The van der Waals surface area contributed by atoms with E-state index in [2.05, 4.69) is 10.2 Å². The van der Waals surface area contributed by atoms with E-state index in [1.54, 1.807) is 17.1 Å². The molecule has 3 saturated heterocycles. The molecular formula is C36H48N4O8. The average Bonchev–Trinajstić information content (AvgIpc) is 3.75. The van der Waals surface area contributed by atoms with E-state index in [0.717, 1.165) is 13.1 Å². The number of benzene rings is 1. The highest BCUT2D eigenvalue weighted by Crippen LogP contribution is 2.56. The Bertz CT molecular complexity index is 1400. The van der Waals surface area contributed by atoms with Crippen LogP contribution in [0, 0.1) is 17.8 Å². The molecule has 3 fully saturated rings. The highest BCUT2D eigenvalue weighted by molar-refractivity contribution is 5.99. The van der Waals surface area contributed by atoms with Gasteiger partial charge in [0.2, 0.25) is 17.7 Å². The first-order valence-electron chi connectivity index (χ1n) is 17.3. The van der Waals surface area contributed by atoms with Gasteiger partial charge in [-0.25, -0.2) is 0 Å². The molecule has 5 aliphatic rings. The van der Waals surface area contributed by atoms with Crippen LogP contribution in [-0.4, -0.2) is 126 Å². The molecule has 5 bridgehead atoms. The van der Waals surface area contributed by atoms with Gasteiger partial charge >= 0.3 is 5.97 Å². The summed E-state index contributed by atoms with van der Waals surface area (Å²) in [4.78, 5) is 62.1. The van der Waals surface area contributed by atoms with E-state index >= 15 is 0 Å². The Morgan fingerprint density at radius 3 is 2.54 bits per heavy atom. The van der Waals surface area contributed by atoms with Gasteiger partial charge in [0.1, 0.15) is 23.7 Å². The van der Waals surface area contributed by atoms with E-state index in [9.17, 15) is 24.3 Å². The van der Waals surface area contributed by atoms with Crippen LogP contribution < -0.4 is 5.32 Å². The Morgan fingerprint density at radius 1 is 1.04 bits per heavy atom. The number of hydrogen-bond donors (Lipinski definition) is 2. The van der Waals surface area contributed by atoms with E-state index in [1.807, 2.05) is 56.3 Å². The van der Waals surface area contributed by atoms with E-state index in [1.165, 1.54) is 4.90 Å². The maximum Gasteiger partial charge on any atom is 0.313 e. The van der Waals surface area contributed by atoms with Crippen molar-refractivity contribution in [1.29, 1.82) is 0 Å². The molecule has 0 aliphatic carbocycles. The molecule has 260 valence electrons. The number of nitrogens with zero attached hydrogens (tertiary/aromatic N) is 3. The molecule has 2 N–H and O–H groups in total. The zero-order valence-electron chi connectivity index (χ0n) is 27.9. The second-order valence-electron chi connectivity index (χ2n) is 13.5. The number of esters is 1. The van der Waals surface area contributed by atoms with Gasteiger partial charge in [-0.3, -0.25) is 24.1 Å². The van der Waals surface area contributed by atoms with E-state index in [0.29, 0.717) is 44.7 Å². The summed E-state index contributed by atoms with van der Waals surface area (Å²) in [5, 5.41) is 13.6. The van der Waals surface area contributed by atoms with Gasteiger partial charge in [-0.1, -0.05) is 74.9 Å². The zero-order chi connectivity index (χ0) is 33.8. The lowest BCUT2D eigenvalue weighted by Crippen LogP contribution is -2.60. The normalized spacial score (nSPS) is 33.4. The van der Waals surface area contributed by atoms with Crippen molar-refractivity contribution in [3.8, 4) is 0 Å². The number of amides is 3. The van der Waals surface area contributed by atoms with Crippen molar-refractivity contribution in [3.63, 3.8) is 0 Å². The monoisotopic (exact) mass is 664 g/mol. The Kier molecular flexibility index (Phi) is 10.6. The van der Waals surface area contributed by atoms with Crippen LogP contribution in [0.5, 0.6) is 0 Å². The average molecular weight is 665 g/mol. The summed E-state index contributed by atoms with van der Waals surface area (Å²) >= 11 is 0. The predicted octanol–water partition coefficient (Wildman–Crippen LogP) is 1.46. The molecule has 0 aromatic heterocycles. The van der Waals surface area contributed by atoms with Gasteiger partial charge in [-0.2, -0.15) is 0 Å². The largest absolute Gasteiger partial charge is 0.455 e. The molecule has 12 heteroatoms. The Labute approximate surface area is 282 Å². The van der Waals surface area contributed by atoms with Crippen molar-refractivity contribution >= 4 is 23.7 Å². The van der Waals surface area contributed by atoms with Crippen LogP contribution in [0.4, 0.5) is 0 Å². The molecule has 0 unspecified atom stereocenters. The minimum Gasteiger partial charge on any atom is -0.455 e. The van der Waals surface area contributed by atoms with Crippen molar-refractivity contribution < 1.29 is 38.5 Å². The summed E-state index contributed by atoms with van der Waals surface area (Å²) in [6.07, 6.45) is 7.16. The SMILES string of the molecule is CC[C@H](C)[C@H](CO)N1C(=O)[C@@H]2[C@H]3C(=O)O[C@@H](c4ccccc4)CNC(=O)CC/C=C\CN(CCN4CCOCC4)C(=O)[C@@H]1[C@]21C=C[C@H]3O1. The van der Waals surface area contributed by atoms with E-state index < -0.39 is 53.6 Å². The summed E-state index contributed by atoms with van der Waals surface area (Å²) in [6, 6.07) is 7.44. The van der Waals surface area contributed by atoms with Crippen LogP contribution >= 0.6 is 0 Å². The maximum absolute atomic E-state index is 14.9. The van der Waals surface area contributed by atoms with Crippen molar-refractivity contribution in [2.45, 2.75) is 63.0 Å². The Balaban J connectivity index is 1.39. The molecule has 12 nitrogen and oxygen atoms in total. The molecule has 1 spiro atoms. The maximum atomic E-state index is 14.9. The zero-order valence-corrected chi connectivity index (χ0v) is 27.9. The predicted molar refractivity (Wildman–Crippen MR) is 175 cm³/mol. The van der Waals surface area contributed by atoms with Crippen LogP contribution in [0.3, 0.4) is 0 Å². The second-order valence-corrected chi connectivity index (χ2v) is 13.5. The smallest absolute Gasteiger partial charge is 0.313 e. The Hall–Kier alpha value is -3.58. The van der Waals surface area contributed by atoms with Gasteiger partial charge < -0.3 is 34.4 Å². The Morgan fingerprint density at radius 2 is 1.81 bits per heavy atom. The van der Waals surface area contributed by atoms with E-state index in [4.69, 9.17) is 14.2 Å². The third kappa shape index (κ3) is 6.55. The third-order valence-electron chi connectivity index (χ3n) is 10.7. The summed E-state index contributed by atoms with van der Waals surface area (Å²) in [5.41, 5.74) is -0.687. The number of hydrogen-bond acceptors (Lipinski definition) is 9. The first-order valence-corrected chi connectivity index (χ1v) is 17.3. The van der Waals surface area contributed by atoms with Crippen molar-refractivity contribution in [1.82, 2.24) is 20.0 Å². The number of ether oxygens (including phenoxy) is 3. The number of carbonyl (C=O) groups is 4. The van der Waals surface area contributed by atoms with Gasteiger partial charge in [-0.15, -0.1) is 0 Å². The summed E-state index contributed by atoms with van der Waals surface area (Å²) < 4.78 is 18.2. The highest BCUT2D eigenvalue weighted by atomic mass is 16.6. The second kappa shape index (κ2) is 14.9. The first kappa shape index (κ1) is 34.3. The molecule has 0 saturated carbocycles. The van der Waals surface area contributed by atoms with Gasteiger partial charge in [0.15, 0.2) is 0 Å². The number of carbonyl (C=O) groups excluding carboxylic acids is 4. The van der Waals surface area contributed by atoms with Crippen LogP contribution in [0.15, 0.2) is 54.6 Å². The van der Waals surface area contributed by atoms with Crippen LogP contribution in [0.2, 0.25) is 0 Å². The van der Waals surface area contributed by atoms with Gasteiger partial charge in [0.25, 0.3) is 0 Å². The fourth-order valence-corrected chi connectivity index (χ4v) is 7.82. The third-order valence-corrected chi connectivity index (χ3v) is 10.7. The number of cyclic esters (lactones) is 1. The van der Waals surface area contributed by atoms with Crippen molar-refractivity contribution in [2.75, 3.05) is 59.1 Å². The van der Waals surface area contributed by atoms with Gasteiger partial charge in [0.05, 0.1) is 44.4 Å². The molecule has 5 heterocycles. The van der Waals surface area contributed by atoms with Crippen molar-refractivity contribution in [3.05, 3.63) is 60.2 Å². The summed E-state index contributed by atoms with van der Waals surface area (Å²) in [5.74, 6) is -3.63. The molecule has 5 aliphatic heterocycles. The van der Waals surface area contributed by atoms with E-state index in [-0.39, 0.29) is 43.8 Å². The first-order chi connectivity index (χ1) is 23.3. The minimum absolute atomic E-state index is 0.0687. The lowest BCUT2D eigenvalue weighted by atomic mass is 9.74. The fourth-order valence-electron chi connectivity index (χ4n) is 7.82. The van der Waals surface area contributed by atoms with Crippen LogP contribution in [-0.2, 0) is 33.4 Å². The molecular weight excluding hydrogens is 616 g/mol. The molecule has 1 aromatic carbocycles. The number of nitrogens with one attached hydrogen (secondary N) is 1. The number of morpholine rings is 1.